The van der Waals surface area contributed by atoms with E-state index in [-0.39, 0.29) is 5.82 Å². The first-order valence-corrected chi connectivity index (χ1v) is 9.29. The largest absolute Gasteiger partial charge is 0.493 e. The molecule has 1 aliphatic rings. The van der Waals surface area contributed by atoms with E-state index in [1.165, 1.54) is 12.1 Å². The van der Waals surface area contributed by atoms with E-state index >= 15 is 0 Å². The molecule has 1 saturated heterocycles. The van der Waals surface area contributed by atoms with E-state index in [2.05, 4.69) is 10.2 Å². The van der Waals surface area contributed by atoms with Gasteiger partial charge in [-0.25, -0.2) is 4.39 Å². The lowest BCUT2D eigenvalue weighted by molar-refractivity contribution is 0.0384. The van der Waals surface area contributed by atoms with Crippen LogP contribution in [0.25, 0.3) is 0 Å². The molecule has 5 nitrogen and oxygen atoms in total. The highest BCUT2D eigenvalue weighted by Crippen LogP contribution is 2.28. The topological polar surface area (TPSA) is 43.0 Å². The normalized spacial score (nSPS) is 14.9. The smallest absolute Gasteiger partial charge is 0.161 e. The zero-order valence-corrected chi connectivity index (χ0v) is 15.7. The molecular weight excluding hydrogens is 347 g/mol. The van der Waals surface area contributed by atoms with Gasteiger partial charge in [-0.3, -0.25) is 4.90 Å². The average molecular weight is 374 g/mol. The minimum Gasteiger partial charge on any atom is -0.493 e. The van der Waals surface area contributed by atoms with E-state index in [9.17, 15) is 4.39 Å². The molecule has 1 heterocycles. The molecule has 27 heavy (non-hydrogen) atoms. The second kappa shape index (κ2) is 10.3. The highest BCUT2D eigenvalue weighted by molar-refractivity contribution is 5.43. The fourth-order valence-electron chi connectivity index (χ4n) is 2.98. The first-order chi connectivity index (χ1) is 13.2. The molecule has 2 aromatic rings. The third-order valence-electron chi connectivity index (χ3n) is 4.57. The number of benzene rings is 2. The van der Waals surface area contributed by atoms with E-state index in [1.54, 1.807) is 19.2 Å². The van der Waals surface area contributed by atoms with Crippen molar-refractivity contribution in [3.63, 3.8) is 0 Å². The minimum atomic E-state index is -0.248. The molecule has 0 saturated carbocycles. The minimum absolute atomic E-state index is 0.248. The van der Waals surface area contributed by atoms with Crippen molar-refractivity contribution < 1.29 is 18.6 Å². The third kappa shape index (κ3) is 6.20. The number of ether oxygens (including phenoxy) is 3. The lowest BCUT2D eigenvalue weighted by atomic mass is 10.2. The van der Waals surface area contributed by atoms with E-state index in [0.717, 1.165) is 57.1 Å². The lowest BCUT2D eigenvalue weighted by Gasteiger charge is -2.26. The molecule has 3 rings (SSSR count). The number of hydrogen-bond donors (Lipinski definition) is 1. The number of methoxy groups -OCH3 is 1. The number of morpholine rings is 1. The fraction of sp³-hybridized carbons (Fsp3) is 0.429. The van der Waals surface area contributed by atoms with Crippen molar-refractivity contribution in [1.29, 1.82) is 0 Å². The maximum atomic E-state index is 13.0. The maximum Gasteiger partial charge on any atom is 0.161 e. The molecule has 0 aromatic heterocycles. The lowest BCUT2D eigenvalue weighted by Crippen LogP contribution is -2.40. The average Bonchev–Trinajstić information content (AvgIpc) is 2.72. The summed E-state index contributed by atoms with van der Waals surface area (Å²) in [7, 11) is 1.63. The highest BCUT2D eigenvalue weighted by atomic mass is 19.1. The Morgan fingerprint density at radius 1 is 1.04 bits per heavy atom. The number of nitrogens with zero attached hydrogens (tertiary/aromatic N) is 1. The van der Waals surface area contributed by atoms with Crippen LogP contribution >= 0.6 is 0 Å². The van der Waals surface area contributed by atoms with E-state index in [1.807, 2.05) is 18.2 Å². The molecule has 1 aliphatic heterocycles. The van der Waals surface area contributed by atoms with Crippen molar-refractivity contribution in [2.45, 2.75) is 13.2 Å². The summed E-state index contributed by atoms with van der Waals surface area (Å²) >= 11 is 0. The van der Waals surface area contributed by atoms with Crippen LogP contribution in [0.1, 0.15) is 11.1 Å². The molecule has 0 aliphatic carbocycles. The van der Waals surface area contributed by atoms with Crippen LogP contribution in [0.3, 0.4) is 0 Å². The first-order valence-electron chi connectivity index (χ1n) is 9.29. The molecule has 0 bridgehead atoms. The van der Waals surface area contributed by atoms with Gasteiger partial charge in [-0.15, -0.1) is 0 Å². The van der Waals surface area contributed by atoms with Gasteiger partial charge in [0.25, 0.3) is 0 Å². The van der Waals surface area contributed by atoms with Crippen molar-refractivity contribution in [1.82, 2.24) is 10.2 Å². The SMILES string of the molecule is COc1cc(CNCCN2CCOCC2)ccc1OCc1ccc(F)cc1. The summed E-state index contributed by atoms with van der Waals surface area (Å²) in [5.41, 5.74) is 2.05. The van der Waals surface area contributed by atoms with Crippen molar-refractivity contribution in [3.8, 4) is 11.5 Å². The van der Waals surface area contributed by atoms with Crippen molar-refractivity contribution >= 4 is 0 Å². The van der Waals surface area contributed by atoms with Gasteiger partial charge in [0.05, 0.1) is 20.3 Å². The predicted molar refractivity (Wildman–Crippen MR) is 103 cm³/mol. The first kappa shape index (κ1) is 19.6. The zero-order valence-electron chi connectivity index (χ0n) is 15.7. The van der Waals surface area contributed by atoms with Gasteiger partial charge >= 0.3 is 0 Å². The van der Waals surface area contributed by atoms with Crippen LogP contribution in [-0.2, 0) is 17.9 Å². The van der Waals surface area contributed by atoms with Gasteiger partial charge in [0.15, 0.2) is 11.5 Å². The van der Waals surface area contributed by atoms with Crippen LogP contribution in [0.15, 0.2) is 42.5 Å². The van der Waals surface area contributed by atoms with Crippen molar-refractivity contribution in [2.75, 3.05) is 46.5 Å². The van der Waals surface area contributed by atoms with E-state index in [0.29, 0.717) is 18.1 Å². The Labute approximate surface area is 160 Å². The summed E-state index contributed by atoms with van der Waals surface area (Å²) in [6.45, 7) is 6.79. The van der Waals surface area contributed by atoms with Crippen LogP contribution in [-0.4, -0.2) is 51.4 Å². The maximum absolute atomic E-state index is 13.0. The summed E-state index contributed by atoms with van der Waals surface area (Å²) in [5.74, 6) is 1.13. The summed E-state index contributed by atoms with van der Waals surface area (Å²) in [4.78, 5) is 2.41. The van der Waals surface area contributed by atoms with Gasteiger partial charge in [0.1, 0.15) is 12.4 Å². The fourth-order valence-corrected chi connectivity index (χ4v) is 2.98. The van der Waals surface area contributed by atoms with E-state index < -0.39 is 0 Å². The summed E-state index contributed by atoms with van der Waals surface area (Å²) in [6.07, 6.45) is 0. The van der Waals surface area contributed by atoms with Crippen LogP contribution in [0, 0.1) is 5.82 Å². The number of nitrogens with one attached hydrogen (secondary N) is 1. The van der Waals surface area contributed by atoms with Gasteiger partial charge in [0.2, 0.25) is 0 Å². The zero-order chi connectivity index (χ0) is 18.9. The monoisotopic (exact) mass is 374 g/mol. The molecule has 0 unspecified atom stereocenters. The van der Waals surface area contributed by atoms with Gasteiger partial charge in [-0.2, -0.15) is 0 Å². The second-order valence-electron chi connectivity index (χ2n) is 6.53. The van der Waals surface area contributed by atoms with Gasteiger partial charge in [-0.05, 0) is 35.4 Å². The standard InChI is InChI=1S/C21H27FN2O3/c1-25-21-14-18(15-23-8-9-24-10-12-26-13-11-24)4-7-20(21)27-16-17-2-5-19(22)6-3-17/h2-7,14,23H,8-13,15-16H2,1H3. The Morgan fingerprint density at radius 2 is 1.78 bits per heavy atom. The molecule has 1 N–H and O–H groups in total. The molecule has 2 aromatic carbocycles. The Hall–Kier alpha value is -2.15. The highest BCUT2D eigenvalue weighted by Gasteiger charge is 2.10. The van der Waals surface area contributed by atoms with Gasteiger partial charge in [-0.1, -0.05) is 18.2 Å². The van der Waals surface area contributed by atoms with Crippen molar-refractivity contribution in [3.05, 3.63) is 59.4 Å². The number of halogens is 1. The quantitative estimate of drug-likeness (QED) is 0.684. The van der Waals surface area contributed by atoms with Crippen molar-refractivity contribution in [2.24, 2.45) is 0 Å². The molecule has 0 atom stereocenters. The Morgan fingerprint density at radius 3 is 2.52 bits per heavy atom. The number of hydrogen-bond acceptors (Lipinski definition) is 5. The van der Waals surface area contributed by atoms with E-state index in [4.69, 9.17) is 14.2 Å². The molecule has 1 fully saturated rings. The molecule has 0 spiro atoms. The van der Waals surface area contributed by atoms with Crippen LogP contribution < -0.4 is 14.8 Å². The Balaban J connectivity index is 1.47. The van der Waals surface area contributed by atoms with Crippen LogP contribution in [0.5, 0.6) is 11.5 Å². The Kier molecular flexibility index (Phi) is 7.45. The summed E-state index contributed by atoms with van der Waals surface area (Å²) in [5, 5.41) is 3.47. The van der Waals surface area contributed by atoms with Gasteiger partial charge < -0.3 is 19.5 Å². The third-order valence-corrected chi connectivity index (χ3v) is 4.57. The second-order valence-corrected chi connectivity index (χ2v) is 6.53. The van der Waals surface area contributed by atoms with Crippen LogP contribution in [0.4, 0.5) is 4.39 Å². The molecule has 146 valence electrons. The summed E-state index contributed by atoms with van der Waals surface area (Å²) < 4.78 is 29.6. The summed E-state index contributed by atoms with van der Waals surface area (Å²) in [6, 6.07) is 12.2. The van der Waals surface area contributed by atoms with Crippen LogP contribution in [0.2, 0.25) is 0 Å². The molecule has 6 heteroatoms. The molecule has 0 amide bonds. The number of rotatable bonds is 9. The molecule has 0 radical (unpaired) electrons. The Bertz CT molecular complexity index is 703. The predicted octanol–water partition coefficient (Wildman–Crippen LogP) is 2.84. The molecular formula is C21H27FN2O3. The van der Waals surface area contributed by atoms with Gasteiger partial charge in [0, 0.05) is 32.7 Å².